The van der Waals surface area contributed by atoms with Gasteiger partial charge >= 0.3 is 0 Å². The quantitative estimate of drug-likeness (QED) is 0.692. The lowest BCUT2D eigenvalue weighted by Gasteiger charge is -2.39. The van der Waals surface area contributed by atoms with Crippen molar-refractivity contribution >= 4 is 40.6 Å². The number of nitrogens with one attached hydrogen (secondary N) is 1. The zero-order chi connectivity index (χ0) is 18.3. The van der Waals surface area contributed by atoms with E-state index in [2.05, 4.69) is 20.3 Å². The van der Waals surface area contributed by atoms with Gasteiger partial charge in [0.1, 0.15) is 10.7 Å². The van der Waals surface area contributed by atoms with E-state index in [0.29, 0.717) is 30.5 Å². The second kappa shape index (κ2) is 6.74. The summed E-state index contributed by atoms with van der Waals surface area (Å²) in [7, 11) is 0. The Hall–Kier alpha value is -2.38. The van der Waals surface area contributed by atoms with Crippen molar-refractivity contribution in [2.24, 2.45) is 5.92 Å². The van der Waals surface area contributed by atoms with E-state index in [4.69, 9.17) is 23.2 Å². The number of hydrogen-bond donors (Lipinski definition) is 1. The molecule has 1 N–H and O–H groups in total. The van der Waals surface area contributed by atoms with Crippen molar-refractivity contribution in [1.29, 1.82) is 0 Å². The molecule has 1 fully saturated rings. The van der Waals surface area contributed by atoms with E-state index in [9.17, 15) is 4.79 Å². The standard InChI is InChI=1S/C17H16Cl2N6O/c1-10-13(25-5-3-2-4-14(25)22-10)7-20-16(26)11-8-24(9-11)15-12(18)6-21-17(19)23-15/h2-6,11H,7-9H2,1H3,(H,20,26). The van der Waals surface area contributed by atoms with Gasteiger partial charge in [-0.1, -0.05) is 17.7 Å². The topological polar surface area (TPSA) is 75.4 Å². The van der Waals surface area contributed by atoms with Gasteiger partial charge < -0.3 is 14.6 Å². The van der Waals surface area contributed by atoms with Crippen LogP contribution in [0, 0.1) is 12.8 Å². The van der Waals surface area contributed by atoms with E-state index in [1.165, 1.54) is 6.20 Å². The normalized spacial score (nSPS) is 14.5. The van der Waals surface area contributed by atoms with Gasteiger partial charge in [-0.05, 0) is 30.7 Å². The molecule has 0 atom stereocenters. The van der Waals surface area contributed by atoms with Crippen molar-refractivity contribution in [2.45, 2.75) is 13.5 Å². The molecule has 0 bridgehead atoms. The number of fused-ring (bicyclic) bond motifs is 1. The third-order valence-corrected chi connectivity index (χ3v) is 4.96. The lowest BCUT2D eigenvalue weighted by molar-refractivity contribution is -0.125. The molecule has 4 rings (SSSR count). The van der Waals surface area contributed by atoms with Gasteiger partial charge in [0.15, 0.2) is 5.82 Å². The number of hydrogen-bond acceptors (Lipinski definition) is 5. The molecular weight excluding hydrogens is 375 g/mol. The van der Waals surface area contributed by atoms with Crippen molar-refractivity contribution < 1.29 is 4.79 Å². The molecule has 0 saturated carbocycles. The predicted molar refractivity (Wildman–Crippen MR) is 99.5 cm³/mol. The van der Waals surface area contributed by atoms with Crippen LogP contribution in [0.2, 0.25) is 10.3 Å². The summed E-state index contributed by atoms with van der Waals surface area (Å²) in [5.74, 6) is 0.454. The molecule has 1 aliphatic rings. The lowest BCUT2D eigenvalue weighted by Crippen LogP contribution is -2.54. The summed E-state index contributed by atoms with van der Waals surface area (Å²) in [4.78, 5) is 26.8. The van der Waals surface area contributed by atoms with Gasteiger partial charge in [0.2, 0.25) is 11.2 Å². The molecule has 3 aromatic heterocycles. The highest BCUT2D eigenvalue weighted by atomic mass is 35.5. The maximum absolute atomic E-state index is 12.4. The van der Waals surface area contributed by atoms with E-state index in [1.807, 2.05) is 40.6 Å². The molecule has 4 heterocycles. The van der Waals surface area contributed by atoms with Crippen LogP contribution in [-0.2, 0) is 11.3 Å². The lowest BCUT2D eigenvalue weighted by atomic mass is 9.99. The second-order valence-corrected chi connectivity index (χ2v) is 6.95. The van der Waals surface area contributed by atoms with E-state index < -0.39 is 0 Å². The van der Waals surface area contributed by atoms with Crippen molar-refractivity contribution in [3.05, 3.63) is 52.3 Å². The Balaban J connectivity index is 1.38. The van der Waals surface area contributed by atoms with Crippen LogP contribution in [0.5, 0.6) is 0 Å². The van der Waals surface area contributed by atoms with Crippen molar-refractivity contribution in [1.82, 2.24) is 24.7 Å². The van der Waals surface area contributed by atoms with Crippen molar-refractivity contribution in [3.8, 4) is 0 Å². The van der Waals surface area contributed by atoms with Gasteiger partial charge in [0.25, 0.3) is 0 Å². The van der Waals surface area contributed by atoms with Gasteiger partial charge in [0.05, 0.1) is 30.0 Å². The minimum atomic E-state index is -0.112. The maximum Gasteiger partial charge on any atom is 0.227 e. The Bertz CT molecular complexity index is 983. The van der Waals surface area contributed by atoms with Gasteiger partial charge in [-0.3, -0.25) is 4.79 Å². The van der Waals surface area contributed by atoms with Crippen LogP contribution in [0.1, 0.15) is 11.4 Å². The summed E-state index contributed by atoms with van der Waals surface area (Å²) < 4.78 is 1.99. The van der Waals surface area contributed by atoms with Crippen LogP contribution in [0.25, 0.3) is 5.65 Å². The second-order valence-electron chi connectivity index (χ2n) is 6.20. The Morgan fingerprint density at radius 1 is 1.31 bits per heavy atom. The van der Waals surface area contributed by atoms with Crippen LogP contribution < -0.4 is 10.2 Å². The number of aromatic nitrogens is 4. The largest absolute Gasteiger partial charge is 0.353 e. The first-order chi connectivity index (χ1) is 12.5. The van der Waals surface area contributed by atoms with Gasteiger partial charge in [-0.15, -0.1) is 0 Å². The molecule has 1 amide bonds. The monoisotopic (exact) mass is 390 g/mol. The first-order valence-electron chi connectivity index (χ1n) is 8.16. The molecule has 7 nitrogen and oxygen atoms in total. The molecular formula is C17H16Cl2N6O. The number of aryl methyl sites for hydroxylation is 1. The zero-order valence-electron chi connectivity index (χ0n) is 14.0. The molecule has 3 aromatic rings. The summed E-state index contributed by atoms with van der Waals surface area (Å²) in [5, 5.41) is 3.56. The molecule has 0 aromatic carbocycles. The molecule has 9 heteroatoms. The smallest absolute Gasteiger partial charge is 0.227 e. The zero-order valence-corrected chi connectivity index (χ0v) is 15.5. The van der Waals surface area contributed by atoms with Gasteiger partial charge in [-0.25, -0.2) is 9.97 Å². The molecule has 1 aliphatic heterocycles. The Morgan fingerprint density at radius 2 is 2.12 bits per heavy atom. The van der Waals surface area contributed by atoms with E-state index in [1.54, 1.807) is 0 Å². The SMILES string of the molecule is Cc1nc2ccccn2c1CNC(=O)C1CN(c2nc(Cl)ncc2Cl)C1. The fourth-order valence-electron chi connectivity index (χ4n) is 3.07. The average molecular weight is 391 g/mol. The van der Waals surface area contributed by atoms with Gasteiger partial charge in [-0.2, -0.15) is 4.98 Å². The molecule has 26 heavy (non-hydrogen) atoms. The van der Waals surface area contributed by atoms with Crippen LogP contribution >= 0.6 is 23.2 Å². The molecule has 134 valence electrons. The number of pyridine rings is 1. The average Bonchev–Trinajstić information content (AvgIpc) is 2.90. The van der Waals surface area contributed by atoms with Crippen molar-refractivity contribution in [2.75, 3.05) is 18.0 Å². The van der Waals surface area contributed by atoms with Crippen LogP contribution in [-0.4, -0.2) is 38.3 Å². The Morgan fingerprint density at radius 3 is 2.92 bits per heavy atom. The predicted octanol–water partition coefficient (Wildman–Crippen LogP) is 2.49. The Kier molecular flexibility index (Phi) is 4.42. The number of halogens is 2. The highest BCUT2D eigenvalue weighted by Crippen LogP contribution is 2.29. The van der Waals surface area contributed by atoms with Crippen LogP contribution in [0.15, 0.2) is 30.6 Å². The number of imidazole rings is 1. The van der Waals surface area contributed by atoms with Crippen molar-refractivity contribution in [3.63, 3.8) is 0 Å². The Labute approximate surface area is 160 Å². The summed E-state index contributed by atoms with van der Waals surface area (Å²) >= 11 is 11.9. The fraction of sp³-hybridized carbons (Fsp3) is 0.294. The molecule has 1 saturated heterocycles. The minimum Gasteiger partial charge on any atom is -0.353 e. The third-order valence-electron chi connectivity index (χ3n) is 4.51. The molecule has 0 radical (unpaired) electrons. The molecule has 0 aliphatic carbocycles. The summed E-state index contributed by atoms with van der Waals surface area (Å²) in [6.07, 6.45) is 3.41. The maximum atomic E-state index is 12.4. The third kappa shape index (κ3) is 3.08. The molecule has 0 spiro atoms. The number of carbonyl (C=O) groups excluding carboxylic acids is 1. The first kappa shape index (κ1) is 17.1. The highest BCUT2D eigenvalue weighted by Gasteiger charge is 2.34. The summed E-state index contributed by atoms with van der Waals surface area (Å²) in [6, 6.07) is 5.83. The van der Waals surface area contributed by atoms with E-state index in [-0.39, 0.29) is 17.1 Å². The summed E-state index contributed by atoms with van der Waals surface area (Å²) in [6.45, 7) is 3.48. The van der Waals surface area contributed by atoms with Gasteiger partial charge in [0, 0.05) is 19.3 Å². The highest BCUT2D eigenvalue weighted by molar-refractivity contribution is 6.33. The summed E-state index contributed by atoms with van der Waals surface area (Å²) in [5.41, 5.74) is 2.77. The van der Waals surface area contributed by atoms with Crippen LogP contribution in [0.3, 0.4) is 0 Å². The fourth-order valence-corrected chi connectivity index (χ4v) is 3.41. The van der Waals surface area contributed by atoms with Crippen LogP contribution in [0.4, 0.5) is 5.82 Å². The first-order valence-corrected chi connectivity index (χ1v) is 8.92. The van der Waals surface area contributed by atoms with E-state index >= 15 is 0 Å². The number of anilines is 1. The molecule has 0 unspecified atom stereocenters. The minimum absolute atomic E-state index is 0.00260. The van der Waals surface area contributed by atoms with E-state index in [0.717, 1.165) is 17.0 Å². The number of rotatable bonds is 4. The number of carbonyl (C=O) groups is 1. The number of nitrogens with zero attached hydrogens (tertiary/aromatic N) is 5. The number of amides is 1.